The SMILES string of the molecule is CCCCCCCl.Cl[P]Cl. The fourth-order valence-corrected chi connectivity index (χ4v) is 0.710. The molecule has 0 unspecified atom stereocenters. The van der Waals surface area contributed by atoms with Crippen LogP contribution in [0.5, 0.6) is 0 Å². The minimum Gasteiger partial charge on any atom is -0.127 e. The molecular weight excluding hydrogens is 209 g/mol. The summed E-state index contributed by atoms with van der Waals surface area (Å²) in [4.78, 5) is 0. The molecule has 0 aliphatic carbocycles. The van der Waals surface area contributed by atoms with Gasteiger partial charge < -0.3 is 0 Å². The van der Waals surface area contributed by atoms with Crippen molar-refractivity contribution < 1.29 is 0 Å². The summed E-state index contributed by atoms with van der Waals surface area (Å²) < 4.78 is 0. The minimum atomic E-state index is 0.361. The number of unbranched alkanes of at least 4 members (excludes halogenated alkanes) is 3. The molecule has 0 rings (SSSR count). The Labute approximate surface area is 80.0 Å². The van der Waals surface area contributed by atoms with Crippen LogP contribution in [0.2, 0.25) is 0 Å². The summed E-state index contributed by atoms with van der Waals surface area (Å²) in [5.74, 6) is 0.833. The van der Waals surface area contributed by atoms with Crippen LogP contribution >= 0.6 is 41.4 Å². The molecule has 0 saturated carbocycles. The zero-order valence-electron chi connectivity index (χ0n) is 6.12. The average Bonchev–Trinajstić information content (AvgIpc) is 1.91. The summed E-state index contributed by atoms with van der Waals surface area (Å²) in [5, 5.41) is 0. The molecule has 0 amide bonds. The largest absolute Gasteiger partial charge is 0.141 e. The van der Waals surface area contributed by atoms with E-state index in [2.05, 4.69) is 6.92 Å². The quantitative estimate of drug-likeness (QED) is 0.355. The fraction of sp³-hybridized carbons (Fsp3) is 1.00. The minimum absolute atomic E-state index is 0.361. The lowest BCUT2D eigenvalue weighted by atomic mass is 10.2. The molecule has 1 radical (unpaired) electrons. The smallest absolute Gasteiger partial charge is 0.127 e. The normalized spacial score (nSPS) is 8.40. The highest BCUT2D eigenvalue weighted by Crippen LogP contribution is 2.19. The third kappa shape index (κ3) is 22.8. The Morgan fingerprint density at radius 2 is 1.60 bits per heavy atom. The van der Waals surface area contributed by atoms with Crippen molar-refractivity contribution in [1.29, 1.82) is 0 Å². The number of hydrogen-bond acceptors (Lipinski definition) is 0. The molecule has 0 atom stereocenters. The fourth-order valence-electron chi connectivity index (χ4n) is 0.521. The number of alkyl halides is 1. The molecule has 0 aliphatic heterocycles. The van der Waals surface area contributed by atoms with Gasteiger partial charge in [-0.3, -0.25) is 0 Å². The van der Waals surface area contributed by atoms with Crippen LogP contribution in [-0.2, 0) is 0 Å². The van der Waals surface area contributed by atoms with Gasteiger partial charge in [-0.25, -0.2) is 0 Å². The first kappa shape index (κ1) is 13.9. The van der Waals surface area contributed by atoms with Gasteiger partial charge in [0.2, 0.25) is 0 Å². The second-order valence-corrected chi connectivity index (χ2v) is 3.85. The molecule has 0 N–H and O–H groups in total. The van der Waals surface area contributed by atoms with Crippen LogP contribution in [0.4, 0.5) is 0 Å². The van der Waals surface area contributed by atoms with Gasteiger partial charge in [0.15, 0.2) is 0 Å². The van der Waals surface area contributed by atoms with Gasteiger partial charge in [0, 0.05) is 5.88 Å². The first-order valence-corrected chi connectivity index (χ1v) is 6.55. The van der Waals surface area contributed by atoms with Crippen LogP contribution in [0.25, 0.3) is 0 Å². The molecule has 4 heteroatoms. The van der Waals surface area contributed by atoms with Crippen LogP contribution < -0.4 is 0 Å². The lowest BCUT2D eigenvalue weighted by Crippen LogP contribution is -1.74. The van der Waals surface area contributed by atoms with Gasteiger partial charge in [0.05, 0.1) is 0 Å². The highest BCUT2D eigenvalue weighted by Gasteiger charge is 1.81. The molecule has 0 aromatic carbocycles. The molecule has 0 saturated heterocycles. The number of hydrogen-bond donors (Lipinski definition) is 0. The molecule has 0 fully saturated rings. The van der Waals surface area contributed by atoms with Gasteiger partial charge in [0.25, 0.3) is 0 Å². The Balaban J connectivity index is 0. The van der Waals surface area contributed by atoms with E-state index in [9.17, 15) is 0 Å². The zero-order valence-corrected chi connectivity index (χ0v) is 9.28. The second-order valence-electron chi connectivity index (χ2n) is 1.81. The first-order chi connectivity index (χ1) is 4.83. The Morgan fingerprint density at radius 1 is 1.10 bits per heavy atom. The van der Waals surface area contributed by atoms with Crippen molar-refractivity contribution in [3.8, 4) is 0 Å². The van der Waals surface area contributed by atoms with Crippen molar-refractivity contribution in [3.63, 3.8) is 0 Å². The predicted molar refractivity (Wildman–Crippen MR) is 53.5 cm³/mol. The van der Waals surface area contributed by atoms with Crippen molar-refractivity contribution >= 4 is 41.4 Å². The summed E-state index contributed by atoms with van der Waals surface area (Å²) in [6.07, 6.45) is 5.14. The molecular formula is C6H13Cl3P. The van der Waals surface area contributed by atoms with E-state index in [0.717, 1.165) is 5.88 Å². The summed E-state index contributed by atoms with van der Waals surface area (Å²) in [6, 6.07) is 0. The monoisotopic (exact) mass is 221 g/mol. The summed E-state index contributed by atoms with van der Waals surface area (Å²) in [6.45, 7) is 2.20. The highest BCUT2D eigenvalue weighted by atomic mass is 35.9. The maximum atomic E-state index is 5.44. The van der Waals surface area contributed by atoms with E-state index in [0.29, 0.717) is 7.29 Å². The van der Waals surface area contributed by atoms with Crippen molar-refractivity contribution in [2.75, 3.05) is 5.88 Å². The van der Waals surface area contributed by atoms with Gasteiger partial charge in [-0.15, -0.1) is 11.6 Å². The van der Waals surface area contributed by atoms with Crippen molar-refractivity contribution in [2.45, 2.75) is 32.6 Å². The summed E-state index contributed by atoms with van der Waals surface area (Å²) in [5.41, 5.74) is 0. The van der Waals surface area contributed by atoms with E-state index in [-0.39, 0.29) is 0 Å². The van der Waals surface area contributed by atoms with E-state index < -0.39 is 0 Å². The van der Waals surface area contributed by atoms with Crippen molar-refractivity contribution in [1.82, 2.24) is 0 Å². The van der Waals surface area contributed by atoms with Crippen LogP contribution in [0.3, 0.4) is 0 Å². The van der Waals surface area contributed by atoms with Crippen LogP contribution in [0, 0.1) is 0 Å². The molecule has 0 aliphatic rings. The lowest BCUT2D eigenvalue weighted by Gasteiger charge is -1.89. The van der Waals surface area contributed by atoms with E-state index in [1.807, 2.05) is 0 Å². The summed E-state index contributed by atoms with van der Waals surface area (Å²) in [7, 11) is 0.361. The Hall–Kier alpha value is 1.30. The van der Waals surface area contributed by atoms with Crippen LogP contribution in [-0.4, -0.2) is 5.88 Å². The van der Waals surface area contributed by atoms with E-state index in [1.165, 1.54) is 25.7 Å². The van der Waals surface area contributed by atoms with Gasteiger partial charge in [-0.2, -0.15) is 0 Å². The average molecular weight is 223 g/mol. The van der Waals surface area contributed by atoms with Crippen molar-refractivity contribution in [3.05, 3.63) is 0 Å². The lowest BCUT2D eigenvalue weighted by molar-refractivity contribution is 0.705. The molecule has 0 bridgehead atoms. The van der Waals surface area contributed by atoms with Gasteiger partial charge in [0.1, 0.15) is 7.29 Å². The maximum absolute atomic E-state index is 5.44. The molecule has 0 aromatic heterocycles. The molecule has 0 spiro atoms. The highest BCUT2D eigenvalue weighted by molar-refractivity contribution is 7.90. The standard InChI is InChI=1S/C6H13Cl.Cl2P/c1-2-3-4-5-6-7;1-3-2/h2-6H2,1H3;. The third-order valence-corrected chi connectivity index (χ3v) is 1.25. The van der Waals surface area contributed by atoms with Gasteiger partial charge in [-0.05, 0) is 6.42 Å². The van der Waals surface area contributed by atoms with Gasteiger partial charge in [-0.1, -0.05) is 48.7 Å². The van der Waals surface area contributed by atoms with E-state index in [1.54, 1.807) is 0 Å². The topological polar surface area (TPSA) is 0 Å². The number of halogens is 3. The Morgan fingerprint density at radius 3 is 1.90 bits per heavy atom. The van der Waals surface area contributed by atoms with Crippen LogP contribution in [0.15, 0.2) is 0 Å². The molecule has 0 aromatic rings. The zero-order chi connectivity index (χ0) is 8.24. The first-order valence-electron chi connectivity index (χ1n) is 3.31. The summed E-state index contributed by atoms with van der Waals surface area (Å²) >= 11 is 14.9. The Kier molecular flexibility index (Phi) is 23.2. The maximum Gasteiger partial charge on any atom is 0.141 e. The van der Waals surface area contributed by atoms with E-state index in [4.69, 9.17) is 34.1 Å². The molecule has 63 valence electrons. The number of rotatable bonds is 4. The van der Waals surface area contributed by atoms with E-state index >= 15 is 0 Å². The molecule has 0 nitrogen and oxygen atoms in total. The molecule has 0 heterocycles. The molecule has 10 heavy (non-hydrogen) atoms. The van der Waals surface area contributed by atoms with Gasteiger partial charge >= 0.3 is 0 Å². The Bertz CT molecular complexity index is 40.0. The second kappa shape index (κ2) is 16.7. The third-order valence-electron chi connectivity index (χ3n) is 0.987. The predicted octanol–water partition coefficient (Wildman–Crippen LogP) is 5.05. The van der Waals surface area contributed by atoms with Crippen LogP contribution in [0.1, 0.15) is 32.6 Å². The van der Waals surface area contributed by atoms with Crippen molar-refractivity contribution in [2.24, 2.45) is 0 Å².